The number of nitrogens with zero attached hydrogens (tertiary/aromatic N) is 2. The molecule has 0 radical (unpaired) electrons. The number of amides is 4. The van der Waals surface area contributed by atoms with Crippen molar-refractivity contribution in [3.63, 3.8) is 0 Å². The van der Waals surface area contributed by atoms with Crippen LogP contribution >= 0.6 is 0 Å². The van der Waals surface area contributed by atoms with Gasteiger partial charge in [0.05, 0.1) is 11.4 Å². The lowest BCUT2D eigenvalue weighted by molar-refractivity contribution is -0.141. The van der Waals surface area contributed by atoms with Crippen molar-refractivity contribution in [1.29, 1.82) is 0 Å². The van der Waals surface area contributed by atoms with E-state index in [-0.39, 0.29) is 55.5 Å². The molecule has 0 bridgehead atoms. The van der Waals surface area contributed by atoms with E-state index in [1.54, 1.807) is 31.2 Å². The number of imide groups is 1. The van der Waals surface area contributed by atoms with Gasteiger partial charge in [0.25, 0.3) is 0 Å². The van der Waals surface area contributed by atoms with Crippen molar-refractivity contribution in [2.75, 3.05) is 16.8 Å². The average Bonchev–Trinajstić information content (AvgIpc) is 2.74. The van der Waals surface area contributed by atoms with Crippen molar-refractivity contribution < 1.29 is 19.2 Å². The lowest BCUT2D eigenvalue weighted by atomic mass is 10.1. The zero-order valence-corrected chi connectivity index (χ0v) is 12.7. The lowest BCUT2D eigenvalue weighted by Crippen LogP contribution is -2.46. The summed E-state index contributed by atoms with van der Waals surface area (Å²) in [4.78, 5) is 50.5. The highest BCUT2D eigenvalue weighted by molar-refractivity contribution is 6.09. The molecule has 120 valence electrons. The van der Waals surface area contributed by atoms with Crippen LogP contribution in [0.5, 0.6) is 0 Å². The number of nitrogens with one attached hydrogen (secondary N) is 1. The highest BCUT2D eigenvalue weighted by Gasteiger charge is 2.35. The second-order valence-corrected chi connectivity index (χ2v) is 5.76. The first-order valence-corrected chi connectivity index (χ1v) is 7.51. The fourth-order valence-electron chi connectivity index (χ4n) is 2.98. The third kappa shape index (κ3) is 2.81. The second kappa shape index (κ2) is 5.83. The topological polar surface area (TPSA) is 86.8 Å². The number of fused-ring (bicyclic) bond motifs is 1. The van der Waals surface area contributed by atoms with E-state index in [0.29, 0.717) is 11.4 Å². The minimum atomic E-state index is -0.370. The Bertz CT molecular complexity index is 684. The zero-order valence-electron chi connectivity index (χ0n) is 12.7. The summed E-state index contributed by atoms with van der Waals surface area (Å²) in [5.41, 5.74) is 1.13. The molecule has 0 aliphatic carbocycles. The average molecular weight is 315 g/mol. The molecule has 7 nitrogen and oxygen atoms in total. The van der Waals surface area contributed by atoms with Gasteiger partial charge in [0, 0.05) is 25.3 Å². The van der Waals surface area contributed by atoms with Gasteiger partial charge < -0.3 is 10.2 Å². The van der Waals surface area contributed by atoms with Crippen LogP contribution in [0.15, 0.2) is 24.3 Å². The number of anilines is 2. The van der Waals surface area contributed by atoms with Gasteiger partial charge in [0.1, 0.15) is 6.54 Å². The first-order chi connectivity index (χ1) is 11.0. The maximum Gasteiger partial charge on any atom is 0.247 e. The molecule has 2 aliphatic heterocycles. The normalized spacial score (nSPS) is 21.1. The van der Waals surface area contributed by atoms with Crippen LogP contribution in [0, 0.1) is 0 Å². The van der Waals surface area contributed by atoms with Gasteiger partial charge in [-0.15, -0.1) is 0 Å². The first kappa shape index (κ1) is 15.2. The number of para-hydroxylation sites is 2. The molecule has 2 aliphatic rings. The molecule has 0 saturated carbocycles. The van der Waals surface area contributed by atoms with Crippen LogP contribution in [0.4, 0.5) is 11.4 Å². The fourth-order valence-corrected chi connectivity index (χ4v) is 2.98. The first-order valence-electron chi connectivity index (χ1n) is 7.51. The minimum absolute atomic E-state index is 0.151. The van der Waals surface area contributed by atoms with E-state index in [1.165, 1.54) is 4.90 Å². The molecule has 1 aromatic carbocycles. The summed E-state index contributed by atoms with van der Waals surface area (Å²) >= 11 is 0. The van der Waals surface area contributed by atoms with Crippen molar-refractivity contribution in [3.8, 4) is 0 Å². The highest BCUT2D eigenvalue weighted by atomic mass is 16.2. The Hall–Kier alpha value is -2.70. The van der Waals surface area contributed by atoms with Crippen molar-refractivity contribution >= 4 is 35.0 Å². The summed E-state index contributed by atoms with van der Waals surface area (Å²) in [6, 6.07) is 6.64. The Balaban J connectivity index is 1.90. The monoisotopic (exact) mass is 315 g/mol. The maximum atomic E-state index is 12.7. The van der Waals surface area contributed by atoms with Gasteiger partial charge >= 0.3 is 0 Å². The van der Waals surface area contributed by atoms with Gasteiger partial charge in [-0.1, -0.05) is 12.1 Å². The van der Waals surface area contributed by atoms with E-state index in [9.17, 15) is 19.2 Å². The molecule has 7 heteroatoms. The maximum absolute atomic E-state index is 12.7. The van der Waals surface area contributed by atoms with E-state index in [0.717, 1.165) is 4.90 Å². The van der Waals surface area contributed by atoms with Crippen molar-refractivity contribution in [2.24, 2.45) is 0 Å². The molecule has 3 rings (SSSR count). The summed E-state index contributed by atoms with van der Waals surface area (Å²) in [7, 11) is 0. The van der Waals surface area contributed by atoms with E-state index in [1.807, 2.05) is 0 Å². The summed E-state index contributed by atoms with van der Waals surface area (Å²) in [5.74, 6) is -1.19. The van der Waals surface area contributed by atoms with Gasteiger partial charge in [0.15, 0.2) is 0 Å². The van der Waals surface area contributed by atoms with Gasteiger partial charge in [0.2, 0.25) is 23.6 Å². The number of hydrogen-bond donors (Lipinski definition) is 1. The van der Waals surface area contributed by atoms with Crippen LogP contribution in [0.1, 0.15) is 26.2 Å². The second-order valence-electron chi connectivity index (χ2n) is 5.76. The summed E-state index contributed by atoms with van der Waals surface area (Å²) in [5, 5.41) is 2.77. The number of likely N-dealkylation sites (tertiary alicyclic amines) is 1. The molecular formula is C16H17N3O4. The number of carbonyl (C=O) groups is 4. The van der Waals surface area contributed by atoms with Crippen LogP contribution in [-0.2, 0) is 19.2 Å². The summed E-state index contributed by atoms with van der Waals surface area (Å²) < 4.78 is 0. The Morgan fingerprint density at radius 1 is 1.17 bits per heavy atom. The molecule has 23 heavy (non-hydrogen) atoms. The summed E-state index contributed by atoms with van der Waals surface area (Å²) in [6.45, 7) is 1.48. The molecule has 0 spiro atoms. The molecule has 1 atom stereocenters. The molecule has 1 N–H and O–H groups in total. The Kier molecular flexibility index (Phi) is 3.85. The van der Waals surface area contributed by atoms with E-state index in [2.05, 4.69) is 5.32 Å². The largest absolute Gasteiger partial charge is 0.324 e. The third-order valence-electron chi connectivity index (χ3n) is 4.08. The predicted octanol–water partition coefficient (Wildman–Crippen LogP) is 0.899. The number of hydrogen-bond acceptors (Lipinski definition) is 4. The Morgan fingerprint density at radius 2 is 1.83 bits per heavy atom. The zero-order chi connectivity index (χ0) is 16.6. The standard InChI is InChI=1S/C16H17N3O4/c1-10-8-13(20)17-11-4-2-3-5-12(11)19(10)16(23)9-18-14(21)6-7-15(18)22/h2-5,10H,6-9H2,1H3,(H,17,20)/t10-/m0/s1. The summed E-state index contributed by atoms with van der Waals surface area (Å²) in [6.07, 6.45) is 0.457. The van der Waals surface area contributed by atoms with Crippen molar-refractivity contribution in [2.45, 2.75) is 32.2 Å². The van der Waals surface area contributed by atoms with E-state index < -0.39 is 0 Å². The smallest absolute Gasteiger partial charge is 0.247 e. The van der Waals surface area contributed by atoms with Crippen molar-refractivity contribution in [1.82, 2.24) is 4.90 Å². The van der Waals surface area contributed by atoms with E-state index in [4.69, 9.17) is 0 Å². The highest BCUT2D eigenvalue weighted by Crippen LogP contribution is 2.31. The molecule has 4 amide bonds. The molecule has 1 fully saturated rings. The molecule has 2 heterocycles. The van der Waals surface area contributed by atoms with Crippen LogP contribution in [0.25, 0.3) is 0 Å². The number of rotatable bonds is 2. The van der Waals surface area contributed by atoms with Gasteiger partial charge in [-0.2, -0.15) is 0 Å². The Labute approximate surface area is 133 Å². The predicted molar refractivity (Wildman–Crippen MR) is 82.6 cm³/mol. The van der Waals surface area contributed by atoms with Crippen LogP contribution in [0.3, 0.4) is 0 Å². The lowest BCUT2D eigenvalue weighted by Gasteiger charge is -2.29. The Morgan fingerprint density at radius 3 is 2.52 bits per heavy atom. The molecule has 1 aromatic rings. The van der Waals surface area contributed by atoms with Gasteiger partial charge in [-0.25, -0.2) is 0 Å². The molecule has 0 unspecified atom stereocenters. The number of benzene rings is 1. The molecular weight excluding hydrogens is 298 g/mol. The quantitative estimate of drug-likeness (QED) is 0.822. The molecule has 1 saturated heterocycles. The van der Waals surface area contributed by atoms with Crippen LogP contribution < -0.4 is 10.2 Å². The fraction of sp³-hybridized carbons (Fsp3) is 0.375. The number of carbonyl (C=O) groups excluding carboxylic acids is 4. The van der Waals surface area contributed by atoms with Gasteiger partial charge in [-0.05, 0) is 19.1 Å². The van der Waals surface area contributed by atoms with Crippen LogP contribution in [0.2, 0.25) is 0 Å². The minimum Gasteiger partial charge on any atom is -0.324 e. The third-order valence-corrected chi connectivity index (χ3v) is 4.08. The molecule has 0 aromatic heterocycles. The van der Waals surface area contributed by atoms with Gasteiger partial charge in [-0.3, -0.25) is 24.1 Å². The van der Waals surface area contributed by atoms with Crippen LogP contribution in [-0.4, -0.2) is 41.1 Å². The van der Waals surface area contributed by atoms with Crippen molar-refractivity contribution in [3.05, 3.63) is 24.3 Å². The SMILES string of the molecule is C[C@H]1CC(=O)Nc2ccccc2N1C(=O)CN1C(=O)CCC1=O. The van der Waals surface area contributed by atoms with E-state index >= 15 is 0 Å².